The van der Waals surface area contributed by atoms with E-state index in [2.05, 4.69) is 0 Å². The smallest absolute Gasteiger partial charge is 0.214 e. The van der Waals surface area contributed by atoms with E-state index in [-0.39, 0.29) is 5.88 Å². The molecular weight excluding hydrogens is 359 g/mol. The molecule has 0 aromatic heterocycles. The van der Waals surface area contributed by atoms with Gasteiger partial charge in [-0.25, -0.2) is 0 Å². The summed E-state index contributed by atoms with van der Waals surface area (Å²) in [5.41, 5.74) is 0. The van der Waals surface area contributed by atoms with Gasteiger partial charge in [0.15, 0.2) is 6.29 Å². The molecule has 0 amide bonds. The van der Waals surface area contributed by atoms with E-state index >= 15 is 0 Å². The van der Waals surface area contributed by atoms with Gasteiger partial charge in [-0.05, 0) is 0 Å². The van der Waals surface area contributed by atoms with Gasteiger partial charge in [0.1, 0.15) is 42.7 Å². The molecule has 0 unspecified atom stereocenters. The van der Waals surface area contributed by atoms with Gasteiger partial charge in [0, 0.05) is 0 Å². The molecule has 2 saturated heterocycles. The van der Waals surface area contributed by atoms with Crippen LogP contribution in [0, 0.1) is 0 Å². The fraction of sp³-hybridized carbons (Fsp3) is 1.00. The van der Waals surface area contributed by atoms with Crippen LogP contribution in [-0.2, 0) is 14.2 Å². The van der Waals surface area contributed by atoms with Gasteiger partial charge < -0.3 is 44.8 Å². The lowest BCUT2D eigenvalue weighted by Gasteiger charge is -2.43. The number of aliphatic hydroxyl groups is 6. The highest BCUT2D eigenvalue weighted by molar-refractivity contribution is 6.19. The number of aliphatic hydroxyl groups excluding tert-OH is 6. The van der Waals surface area contributed by atoms with Gasteiger partial charge in [0.05, 0.1) is 18.4 Å². The Kier molecular flexibility index (Phi) is 6.48. The Morgan fingerprint density at radius 3 is 2.04 bits per heavy atom. The first-order valence-corrected chi connectivity index (χ1v) is 8.02. The third kappa shape index (κ3) is 3.46. The van der Waals surface area contributed by atoms with E-state index < -0.39 is 67.3 Å². The van der Waals surface area contributed by atoms with Crippen LogP contribution in [0.25, 0.3) is 0 Å². The van der Waals surface area contributed by atoms with Gasteiger partial charge in [-0.15, -0.1) is 23.2 Å². The van der Waals surface area contributed by atoms with Gasteiger partial charge in [-0.3, -0.25) is 0 Å². The second-order valence-electron chi connectivity index (χ2n) is 5.51. The zero-order valence-corrected chi connectivity index (χ0v) is 13.4. The molecule has 2 fully saturated rings. The molecule has 11 heteroatoms. The summed E-state index contributed by atoms with van der Waals surface area (Å²) in [6.45, 7) is -0.644. The summed E-state index contributed by atoms with van der Waals surface area (Å²) >= 11 is 11.4. The van der Waals surface area contributed by atoms with Crippen molar-refractivity contribution in [1.29, 1.82) is 0 Å². The molecule has 9 atom stereocenters. The van der Waals surface area contributed by atoms with E-state index in [1.165, 1.54) is 0 Å². The summed E-state index contributed by atoms with van der Waals surface area (Å²) in [6.07, 6.45) is -11.6. The van der Waals surface area contributed by atoms with Gasteiger partial charge in [-0.1, -0.05) is 0 Å². The van der Waals surface area contributed by atoms with Crippen molar-refractivity contribution in [3.8, 4) is 0 Å². The minimum atomic E-state index is -1.94. The Morgan fingerprint density at radius 2 is 1.57 bits per heavy atom. The van der Waals surface area contributed by atoms with Crippen LogP contribution < -0.4 is 0 Å². The zero-order valence-electron chi connectivity index (χ0n) is 11.9. The summed E-state index contributed by atoms with van der Waals surface area (Å²) in [5, 5.41) is 58.6. The van der Waals surface area contributed by atoms with Crippen LogP contribution in [0.3, 0.4) is 0 Å². The molecular formula is C12H20Cl2O9. The number of alkyl halides is 2. The molecule has 2 rings (SSSR count). The lowest BCUT2D eigenvalue weighted by atomic mass is 9.99. The molecule has 2 heterocycles. The maximum atomic E-state index is 10.1. The third-order valence-corrected chi connectivity index (χ3v) is 4.69. The van der Waals surface area contributed by atoms with Crippen molar-refractivity contribution in [3.63, 3.8) is 0 Å². The molecule has 2 aliphatic heterocycles. The quantitative estimate of drug-likeness (QED) is 0.277. The van der Waals surface area contributed by atoms with Gasteiger partial charge in [-0.2, -0.15) is 0 Å². The highest BCUT2D eigenvalue weighted by atomic mass is 35.5. The molecule has 0 radical (unpaired) electrons. The van der Waals surface area contributed by atoms with E-state index in [1.54, 1.807) is 0 Å². The Morgan fingerprint density at radius 1 is 0.913 bits per heavy atom. The number of hydrogen-bond donors (Lipinski definition) is 6. The van der Waals surface area contributed by atoms with Crippen LogP contribution in [0.1, 0.15) is 0 Å². The Balaban J connectivity index is 2.18. The molecule has 0 aromatic rings. The van der Waals surface area contributed by atoms with Crippen molar-refractivity contribution < 1.29 is 44.8 Å². The summed E-state index contributed by atoms with van der Waals surface area (Å²) in [7, 11) is 0. The van der Waals surface area contributed by atoms with E-state index in [0.29, 0.717) is 0 Å². The number of halogens is 2. The molecule has 2 aliphatic rings. The average Bonchev–Trinajstić information content (AvgIpc) is 2.80. The first kappa shape index (κ1) is 19.5. The molecule has 0 aliphatic carbocycles. The standard InChI is InChI=1S/C12H20Cl2O9/c13-1-4-7(17)10(20)12(3-14,22-4)23-11-9(19)8(18)6(16)5(2-15)21-11/h4-11,15-20H,1-3H2/t4-,5-,6+,7-,8+,9-,10+,11-,12+/m1/s1. The number of ether oxygens (including phenoxy) is 3. The predicted molar refractivity (Wildman–Crippen MR) is 75.9 cm³/mol. The lowest BCUT2D eigenvalue weighted by Crippen LogP contribution is -2.62. The van der Waals surface area contributed by atoms with Crippen LogP contribution in [-0.4, -0.2) is 104 Å². The average molecular weight is 379 g/mol. The predicted octanol–water partition coefficient (Wildman–Crippen LogP) is -2.90. The minimum Gasteiger partial charge on any atom is -0.394 e. The SMILES string of the molecule is OC[C@H]1O[C@H](O[C@]2(CCl)O[C@H](CCl)[C@@H](O)[C@@H]2O)[C@H](O)[C@@H](O)[C@H]1O. The first-order valence-electron chi connectivity index (χ1n) is 6.95. The van der Waals surface area contributed by atoms with Crippen LogP contribution in [0.2, 0.25) is 0 Å². The van der Waals surface area contributed by atoms with E-state index in [1.807, 2.05) is 0 Å². The fourth-order valence-electron chi connectivity index (χ4n) is 2.58. The Bertz CT molecular complexity index is 401. The summed E-state index contributed by atoms with van der Waals surface area (Å²) in [5.74, 6) is -2.52. The van der Waals surface area contributed by atoms with E-state index in [4.69, 9.17) is 42.5 Å². The minimum absolute atomic E-state index is 0.144. The monoisotopic (exact) mass is 378 g/mol. The lowest BCUT2D eigenvalue weighted by molar-refractivity contribution is -0.371. The maximum absolute atomic E-state index is 10.1. The summed E-state index contributed by atoms with van der Waals surface area (Å²) in [4.78, 5) is 0. The van der Waals surface area contributed by atoms with Gasteiger partial charge in [0.25, 0.3) is 0 Å². The third-order valence-electron chi connectivity index (χ3n) is 4.01. The van der Waals surface area contributed by atoms with Crippen molar-refractivity contribution in [2.45, 2.75) is 54.8 Å². The highest BCUT2D eigenvalue weighted by Crippen LogP contribution is 2.37. The van der Waals surface area contributed by atoms with Crippen molar-refractivity contribution in [3.05, 3.63) is 0 Å². The number of hydrogen-bond acceptors (Lipinski definition) is 9. The van der Waals surface area contributed by atoms with Gasteiger partial charge >= 0.3 is 0 Å². The van der Waals surface area contributed by atoms with Crippen molar-refractivity contribution in [1.82, 2.24) is 0 Å². The second kappa shape index (κ2) is 7.63. The summed E-state index contributed by atoms with van der Waals surface area (Å²) < 4.78 is 15.9. The fourth-order valence-corrected chi connectivity index (χ4v) is 3.11. The van der Waals surface area contributed by atoms with Crippen LogP contribution in [0.15, 0.2) is 0 Å². The molecule has 136 valence electrons. The molecule has 0 saturated carbocycles. The van der Waals surface area contributed by atoms with Crippen LogP contribution in [0.5, 0.6) is 0 Å². The Hall–Kier alpha value is 0.220. The number of rotatable bonds is 5. The second-order valence-corrected chi connectivity index (χ2v) is 6.08. The molecule has 0 aromatic carbocycles. The normalized spacial score (nSPS) is 51.1. The summed E-state index contributed by atoms with van der Waals surface area (Å²) in [6, 6.07) is 0. The zero-order chi connectivity index (χ0) is 17.4. The van der Waals surface area contributed by atoms with E-state index in [0.717, 1.165) is 0 Å². The van der Waals surface area contributed by atoms with Crippen molar-refractivity contribution in [2.24, 2.45) is 0 Å². The first-order chi connectivity index (χ1) is 10.8. The highest BCUT2D eigenvalue weighted by Gasteiger charge is 2.58. The topological polar surface area (TPSA) is 149 Å². The maximum Gasteiger partial charge on any atom is 0.214 e. The largest absolute Gasteiger partial charge is 0.394 e. The van der Waals surface area contributed by atoms with Crippen LogP contribution >= 0.6 is 23.2 Å². The molecule has 23 heavy (non-hydrogen) atoms. The van der Waals surface area contributed by atoms with Crippen molar-refractivity contribution >= 4 is 23.2 Å². The molecule has 0 bridgehead atoms. The Labute approximate surface area is 141 Å². The molecule has 0 spiro atoms. The van der Waals surface area contributed by atoms with Crippen LogP contribution in [0.4, 0.5) is 0 Å². The molecule has 6 N–H and O–H groups in total. The van der Waals surface area contributed by atoms with Crippen molar-refractivity contribution in [2.75, 3.05) is 18.4 Å². The van der Waals surface area contributed by atoms with Gasteiger partial charge in [0.2, 0.25) is 5.79 Å². The van der Waals surface area contributed by atoms with E-state index in [9.17, 15) is 25.5 Å². The molecule has 9 nitrogen and oxygen atoms in total.